The van der Waals surface area contributed by atoms with Crippen molar-refractivity contribution < 1.29 is 13.2 Å². The minimum atomic E-state index is -4.05. The smallest absolute Gasteiger partial charge is 0.382 e. The van der Waals surface area contributed by atoms with Crippen molar-refractivity contribution in [3.8, 4) is 0 Å². The predicted molar refractivity (Wildman–Crippen MR) is 74.6 cm³/mol. The van der Waals surface area contributed by atoms with E-state index in [1.165, 1.54) is 0 Å². The van der Waals surface area contributed by atoms with Crippen LogP contribution in [0.3, 0.4) is 0 Å². The quantitative estimate of drug-likeness (QED) is 0.723. The Morgan fingerprint density at radius 3 is 2.32 bits per heavy atom. The molecule has 1 aliphatic carbocycles. The molecule has 1 N–H and O–H groups in total. The first kappa shape index (κ1) is 15.0. The molecule has 0 saturated heterocycles. The van der Waals surface area contributed by atoms with E-state index >= 15 is 0 Å². The highest BCUT2D eigenvalue weighted by Gasteiger charge is 2.41. The molecule has 1 nitrogen and oxygen atoms in total. The van der Waals surface area contributed by atoms with Crippen LogP contribution >= 0.6 is 27.5 Å². The van der Waals surface area contributed by atoms with E-state index in [-0.39, 0.29) is 18.9 Å². The molecular weight excluding hydrogens is 343 g/mol. The van der Waals surface area contributed by atoms with Gasteiger partial charge in [-0.2, -0.15) is 13.2 Å². The number of rotatable bonds is 2. The van der Waals surface area contributed by atoms with Gasteiger partial charge in [-0.15, -0.1) is 0 Å². The Labute approximate surface area is 123 Å². The number of nitrogens with one attached hydrogen (secondary N) is 1. The fourth-order valence-corrected chi connectivity index (χ4v) is 2.88. The summed E-state index contributed by atoms with van der Waals surface area (Å²) in [6, 6.07) is 5.54. The van der Waals surface area contributed by atoms with Crippen LogP contribution in [0.15, 0.2) is 22.7 Å². The Kier molecular flexibility index (Phi) is 4.66. The molecule has 1 fully saturated rings. The summed E-state index contributed by atoms with van der Waals surface area (Å²) in [4.78, 5) is 0. The van der Waals surface area contributed by atoms with Crippen LogP contribution in [0.2, 0.25) is 5.02 Å². The van der Waals surface area contributed by atoms with E-state index in [1.807, 2.05) is 12.1 Å². The Morgan fingerprint density at radius 2 is 1.79 bits per heavy atom. The Balaban J connectivity index is 1.90. The van der Waals surface area contributed by atoms with E-state index in [2.05, 4.69) is 21.2 Å². The fourth-order valence-electron chi connectivity index (χ4n) is 2.39. The summed E-state index contributed by atoms with van der Waals surface area (Å²) < 4.78 is 38.4. The molecule has 0 aliphatic heterocycles. The number of anilines is 1. The molecule has 0 aromatic heterocycles. The molecule has 0 radical (unpaired) electrons. The normalized spacial score (nSPS) is 24.3. The number of alkyl halides is 3. The Bertz CT molecular complexity index is 442. The number of halogens is 5. The van der Waals surface area contributed by atoms with Gasteiger partial charge < -0.3 is 5.32 Å². The summed E-state index contributed by atoms with van der Waals surface area (Å²) >= 11 is 9.22. The number of hydrogen-bond donors (Lipinski definition) is 1. The monoisotopic (exact) mass is 355 g/mol. The molecule has 0 amide bonds. The third-order valence-corrected chi connectivity index (χ3v) is 4.69. The molecule has 6 heteroatoms. The van der Waals surface area contributed by atoms with Gasteiger partial charge in [0.1, 0.15) is 0 Å². The van der Waals surface area contributed by atoms with Crippen molar-refractivity contribution in [3.05, 3.63) is 27.7 Å². The third-order valence-electron chi connectivity index (χ3n) is 3.48. The first-order chi connectivity index (χ1) is 8.86. The zero-order valence-electron chi connectivity index (χ0n) is 10.1. The van der Waals surface area contributed by atoms with Crippen molar-refractivity contribution in [3.63, 3.8) is 0 Å². The first-order valence-electron chi connectivity index (χ1n) is 6.14. The van der Waals surface area contributed by atoms with Gasteiger partial charge in [0.2, 0.25) is 0 Å². The average molecular weight is 357 g/mol. The highest BCUT2D eigenvalue weighted by atomic mass is 79.9. The van der Waals surface area contributed by atoms with E-state index in [0.29, 0.717) is 17.9 Å². The fraction of sp³-hybridized carbons (Fsp3) is 0.538. The molecule has 0 heterocycles. The maximum Gasteiger partial charge on any atom is 0.391 e. The second-order valence-electron chi connectivity index (χ2n) is 4.86. The lowest BCUT2D eigenvalue weighted by Gasteiger charge is -2.30. The van der Waals surface area contributed by atoms with Gasteiger partial charge in [0.05, 0.1) is 10.9 Å². The van der Waals surface area contributed by atoms with Gasteiger partial charge in [0.25, 0.3) is 0 Å². The molecule has 2 rings (SSSR count). The molecule has 0 bridgehead atoms. The maximum absolute atomic E-state index is 12.6. The SMILES string of the molecule is FC(F)(F)C1CCC(Nc2ccc(Cl)c(Br)c2)CC1. The van der Waals surface area contributed by atoms with Crippen LogP contribution in [0, 0.1) is 5.92 Å². The molecule has 1 saturated carbocycles. The molecule has 0 atom stereocenters. The van der Waals surface area contributed by atoms with Crippen LogP contribution in [0.1, 0.15) is 25.7 Å². The summed E-state index contributed by atoms with van der Waals surface area (Å²) in [5.74, 6) is -1.14. The zero-order chi connectivity index (χ0) is 14.0. The second kappa shape index (κ2) is 5.92. The minimum absolute atomic E-state index is 0.103. The first-order valence-corrected chi connectivity index (χ1v) is 7.31. The maximum atomic E-state index is 12.6. The zero-order valence-corrected chi connectivity index (χ0v) is 12.4. The minimum Gasteiger partial charge on any atom is -0.382 e. The molecule has 1 aromatic carbocycles. The van der Waals surface area contributed by atoms with Crippen LogP contribution < -0.4 is 5.32 Å². The van der Waals surface area contributed by atoms with E-state index in [1.54, 1.807) is 6.07 Å². The lowest BCUT2D eigenvalue weighted by Crippen LogP contribution is -2.32. The van der Waals surface area contributed by atoms with E-state index in [9.17, 15) is 13.2 Å². The van der Waals surface area contributed by atoms with Crippen molar-refractivity contribution in [1.29, 1.82) is 0 Å². The van der Waals surface area contributed by atoms with Crippen LogP contribution in [0.25, 0.3) is 0 Å². The van der Waals surface area contributed by atoms with Crippen molar-refractivity contribution >= 4 is 33.2 Å². The standard InChI is InChI=1S/C13H14BrClF3N/c14-11-7-10(5-6-12(11)15)19-9-3-1-8(2-4-9)13(16,17)18/h5-9,19H,1-4H2. The van der Waals surface area contributed by atoms with Gasteiger partial charge in [-0.1, -0.05) is 11.6 Å². The summed E-state index contributed by atoms with van der Waals surface area (Å²) in [5, 5.41) is 3.88. The summed E-state index contributed by atoms with van der Waals surface area (Å²) in [7, 11) is 0. The second-order valence-corrected chi connectivity index (χ2v) is 6.12. The molecule has 106 valence electrons. The molecule has 1 aliphatic rings. The third kappa shape index (κ3) is 4.02. The van der Waals surface area contributed by atoms with E-state index in [0.717, 1.165) is 10.2 Å². The lowest BCUT2D eigenvalue weighted by atomic mass is 9.85. The predicted octanol–water partition coefficient (Wildman–Crippen LogP) is 5.64. The molecule has 1 aromatic rings. The van der Waals surface area contributed by atoms with Crippen LogP contribution in [0.4, 0.5) is 18.9 Å². The van der Waals surface area contributed by atoms with E-state index in [4.69, 9.17) is 11.6 Å². The Hall–Kier alpha value is -0.420. The van der Waals surface area contributed by atoms with Crippen LogP contribution in [-0.4, -0.2) is 12.2 Å². The van der Waals surface area contributed by atoms with Crippen LogP contribution in [-0.2, 0) is 0 Å². The van der Waals surface area contributed by atoms with Crippen molar-refractivity contribution in [2.45, 2.75) is 37.9 Å². The molecular formula is C13H14BrClF3N. The topological polar surface area (TPSA) is 12.0 Å². The average Bonchev–Trinajstić information content (AvgIpc) is 2.33. The molecule has 0 spiro atoms. The van der Waals surface area contributed by atoms with Gasteiger partial charge in [-0.05, 0) is 59.8 Å². The Morgan fingerprint density at radius 1 is 1.16 bits per heavy atom. The summed E-state index contributed by atoms with van der Waals surface area (Å²) in [6.45, 7) is 0. The summed E-state index contributed by atoms with van der Waals surface area (Å²) in [6.07, 6.45) is -2.55. The highest BCUT2D eigenvalue weighted by Crippen LogP contribution is 2.38. The van der Waals surface area contributed by atoms with E-state index < -0.39 is 12.1 Å². The number of benzene rings is 1. The van der Waals surface area contributed by atoms with Crippen molar-refractivity contribution in [1.82, 2.24) is 0 Å². The lowest BCUT2D eigenvalue weighted by molar-refractivity contribution is -0.182. The number of hydrogen-bond acceptors (Lipinski definition) is 1. The van der Waals surface area contributed by atoms with Gasteiger partial charge in [-0.3, -0.25) is 0 Å². The van der Waals surface area contributed by atoms with Crippen molar-refractivity contribution in [2.24, 2.45) is 5.92 Å². The summed E-state index contributed by atoms with van der Waals surface area (Å²) in [5.41, 5.74) is 0.881. The largest absolute Gasteiger partial charge is 0.391 e. The van der Waals surface area contributed by atoms with Gasteiger partial charge in [-0.25, -0.2) is 0 Å². The molecule has 0 unspecified atom stereocenters. The van der Waals surface area contributed by atoms with Gasteiger partial charge in [0.15, 0.2) is 0 Å². The highest BCUT2D eigenvalue weighted by molar-refractivity contribution is 9.10. The van der Waals surface area contributed by atoms with Gasteiger partial charge in [0, 0.05) is 16.2 Å². The van der Waals surface area contributed by atoms with Crippen LogP contribution in [0.5, 0.6) is 0 Å². The molecule has 19 heavy (non-hydrogen) atoms. The van der Waals surface area contributed by atoms with Crippen molar-refractivity contribution in [2.75, 3.05) is 5.32 Å². The van der Waals surface area contributed by atoms with Gasteiger partial charge >= 0.3 is 6.18 Å².